The van der Waals surface area contributed by atoms with Crippen molar-refractivity contribution in [3.8, 4) is 41.8 Å². The Morgan fingerprint density at radius 1 is 0.390 bits per heavy atom. The second kappa shape index (κ2) is 46.1. The molecule has 8 amide bonds. The van der Waals surface area contributed by atoms with Gasteiger partial charge < -0.3 is 70.2 Å². The number of amides is 8. The fourth-order valence-electron chi connectivity index (χ4n) is 17.4. The molecule has 12 heterocycles. The van der Waals surface area contributed by atoms with Gasteiger partial charge in [0.05, 0.1) is 118 Å². The number of rotatable bonds is 28. The van der Waals surface area contributed by atoms with Gasteiger partial charge in [0.25, 0.3) is 0 Å². The van der Waals surface area contributed by atoms with Crippen LogP contribution >= 0.6 is 68.2 Å². The van der Waals surface area contributed by atoms with Crippen LogP contribution < -0.4 is 21.3 Å². The predicted octanol–water partition coefficient (Wildman–Crippen LogP) is 13.5. The van der Waals surface area contributed by atoms with Gasteiger partial charge >= 0.3 is 0 Å². The number of carbonyl (C=O) groups is 8. The number of aromatic nitrogens is 10. The summed E-state index contributed by atoms with van der Waals surface area (Å²) < 4.78 is 15.2. The van der Waals surface area contributed by atoms with Gasteiger partial charge in [-0.3, -0.25) is 38.4 Å². The van der Waals surface area contributed by atoms with Crippen LogP contribution in [0.25, 0.3) is 41.8 Å². The van der Waals surface area contributed by atoms with Gasteiger partial charge in [0.1, 0.15) is 45.9 Å². The lowest BCUT2D eigenvalue weighted by atomic mass is 9.90. The number of aryl methyl sites for hydroxylation is 8. The largest absolute Gasteiger partial charge is 0.425 e. The number of aliphatic hydroxyl groups excluding tert-OH is 4. The Bertz CT molecular complexity index is 5350. The smallest absolute Gasteiger partial charge is 0.243 e. The van der Waals surface area contributed by atoms with Gasteiger partial charge in [-0.25, -0.2) is 19.9 Å². The highest BCUT2D eigenvalue weighted by molar-refractivity contribution is 7.14. The summed E-state index contributed by atoms with van der Waals surface area (Å²) in [6, 6.07) is 32.8. The maximum Gasteiger partial charge on any atom is 0.243 e. The molecule has 136 heavy (non-hydrogen) atoms. The Morgan fingerprint density at radius 2 is 0.699 bits per heavy atom. The first-order valence-electron chi connectivity index (χ1n) is 45.5. The van der Waals surface area contributed by atoms with Crippen LogP contribution in [-0.4, -0.2) is 212 Å². The first kappa shape index (κ1) is 102. The van der Waals surface area contributed by atoms with Crippen molar-refractivity contribution in [2.45, 2.75) is 235 Å². The first-order chi connectivity index (χ1) is 65.0. The second-order valence-corrected chi connectivity index (χ2v) is 41.9. The van der Waals surface area contributed by atoms with Crippen LogP contribution in [0.3, 0.4) is 0 Å². The molecule has 4 fully saturated rings. The zero-order chi connectivity index (χ0) is 97.6. The van der Waals surface area contributed by atoms with E-state index in [1.165, 1.54) is 42.5 Å². The molecule has 38 heteroatoms. The SMILES string of the molecule is Cc1cc([C@H](C(=O)N2C[C@H](O)C[C@H]2C(=O)NCc2ccc(-c3scnc3C)cc2)C(C)C)no1.Cc1cc([C@H](C(=O)N2C[C@H](O)C[C@H]2C(=O)NCc2ccc(-c3scnc3C)cc2)C(C)C)ns1.Cc1nnc([C@H](C(=O)N2C[C@H](O)C[C@H]2C(=O)NCc2ccc(-c3scnc3C)cc2)C(C)C)o1.Cc1nnc([C@H](C(=O)N2C[C@H](O)C[C@H]2C(=O)NCc2ccc(-c3scnc3C)cc2)C(C)C)s1. The molecule has 32 nitrogen and oxygen atoms in total. The Labute approximate surface area is 814 Å². The van der Waals surface area contributed by atoms with Crippen molar-refractivity contribution < 1.29 is 67.7 Å². The van der Waals surface area contributed by atoms with Crippen molar-refractivity contribution in [3.05, 3.63) is 220 Å². The Morgan fingerprint density at radius 3 is 0.949 bits per heavy atom. The third-order valence-corrected chi connectivity index (χ3v) is 30.0. The average Bonchev–Trinajstić information content (AvgIpc) is 1.66. The maximum atomic E-state index is 13.5. The molecule has 0 unspecified atom stereocenters. The van der Waals surface area contributed by atoms with Crippen molar-refractivity contribution in [1.82, 2.24) is 90.7 Å². The topological polar surface area (TPSA) is 434 Å². The molecule has 4 aromatic carbocycles. The van der Waals surface area contributed by atoms with Gasteiger partial charge in [-0.15, -0.1) is 77.1 Å². The Kier molecular flexibility index (Phi) is 34.6. The summed E-state index contributed by atoms with van der Waals surface area (Å²) in [6.45, 7) is 32.6. The lowest BCUT2D eigenvalue weighted by Gasteiger charge is -2.29. The number of benzene rings is 4. The van der Waals surface area contributed by atoms with Crippen LogP contribution in [0.1, 0.15) is 194 Å². The Hall–Kier alpha value is -11.5. The first-order valence-corrected chi connectivity index (χ1v) is 50.6. The average molecular weight is 1960 g/mol. The van der Waals surface area contributed by atoms with Gasteiger partial charge in [-0.1, -0.05) is 158 Å². The quantitative estimate of drug-likeness (QED) is 0.0226. The monoisotopic (exact) mass is 1960 g/mol. The highest BCUT2D eigenvalue weighted by Crippen LogP contribution is 2.39. The molecule has 8 aromatic heterocycles. The minimum atomic E-state index is -0.765. The van der Waals surface area contributed by atoms with E-state index in [4.69, 9.17) is 8.94 Å². The number of β-amino-alcohol motifs (C(OH)–C–C–N with tert-alkyl or cyclic N) is 4. The normalized spacial score (nSPS) is 18.9. The zero-order valence-electron chi connectivity index (χ0n) is 79.0. The molecule has 0 saturated carbocycles. The van der Waals surface area contributed by atoms with E-state index < -0.39 is 72.3 Å². The minimum Gasteiger partial charge on any atom is -0.425 e. The number of carbonyl (C=O) groups excluding carboxylic acids is 8. The third-order valence-electron chi connectivity index (χ3n) is 24.4. The lowest BCUT2D eigenvalue weighted by Crippen LogP contribution is -2.48. The number of hydrogen-bond acceptors (Lipinski definition) is 30. The highest BCUT2D eigenvalue weighted by atomic mass is 32.1. The molecule has 4 saturated heterocycles. The van der Waals surface area contributed by atoms with E-state index in [0.717, 1.165) is 102 Å². The maximum absolute atomic E-state index is 13.5. The molecule has 12 atom stereocenters. The molecule has 4 aliphatic heterocycles. The lowest BCUT2D eigenvalue weighted by molar-refractivity contribution is -0.141. The number of nitrogens with zero attached hydrogens (tertiary/aromatic N) is 14. The number of likely N-dealkylation sites (tertiary alicyclic amines) is 4. The van der Waals surface area contributed by atoms with E-state index in [9.17, 15) is 58.8 Å². The van der Waals surface area contributed by atoms with Crippen molar-refractivity contribution in [2.24, 2.45) is 23.7 Å². The van der Waals surface area contributed by atoms with Crippen LogP contribution in [0.5, 0.6) is 0 Å². The minimum absolute atomic E-state index is 0.0120. The molecule has 4 aliphatic rings. The van der Waals surface area contributed by atoms with E-state index in [1.807, 2.05) is 222 Å². The van der Waals surface area contributed by atoms with Crippen molar-refractivity contribution >= 4 is 115 Å². The number of aliphatic hydroxyl groups is 4. The summed E-state index contributed by atoms with van der Waals surface area (Å²) in [5.41, 5.74) is 20.8. The summed E-state index contributed by atoms with van der Waals surface area (Å²) >= 11 is 9.16. The summed E-state index contributed by atoms with van der Waals surface area (Å²) in [4.78, 5) is 135. The second-order valence-electron chi connectivity index (χ2n) is 36.2. The van der Waals surface area contributed by atoms with Crippen LogP contribution in [0, 0.1) is 79.1 Å². The summed E-state index contributed by atoms with van der Waals surface area (Å²) in [5, 5.41) is 74.5. The molecule has 720 valence electrons. The van der Waals surface area contributed by atoms with E-state index in [-0.39, 0.29) is 129 Å². The third kappa shape index (κ3) is 25.1. The number of thiazole rings is 4. The Balaban J connectivity index is 0.000000153. The van der Waals surface area contributed by atoms with Gasteiger partial charge in [0.2, 0.25) is 59.0 Å². The molecule has 0 radical (unpaired) electrons. The van der Waals surface area contributed by atoms with Gasteiger partial charge in [0.15, 0.2) is 0 Å². The predicted molar refractivity (Wildman–Crippen MR) is 523 cm³/mol. The molecule has 0 aliphatic carbocycles. The van der Waals surface area contributed by atoms with Crippen LogP contribution in [-0.2, 0) is 64.5 Å². The van der Waals surface area contributed by atoms with Crippen molar-refractivity contribution in [1.29, 1.82) is 0 Å². The molecular formula is C98H118N18O14S6. The van der Waals surface area contributed by atoms with E-state index in [1.54, 1.807) is 65.3 Å². The fraction of sp³-hybridized carbons (Fsp3) is 0.449. The van der Waals surface area contributed by atoms with Crippen LogP contribution in [0.15, 0.2) is 140 Å². The van der Waals surface area contributed by atoms with Crippen LogP contribution in [0.4, 0.5) is 0 Å². The summed E-state index contributed by atoms with van der Waals surface area (Å²) in [6.07, 6.45) is -2.09. The van der Waals surface area contributed by atoms with Gasteiger partial charge in [0, 0.05) is 95.9 Å². The zero-order valence-corrected chi connectivity index (χ0v) is 83.9. The number of nitrogens with one attached hydrogen (secondary N) is 4. The summed E-state index contributed by atoms with van der Waals surface area (Å²) in [7, 11) is 0. The standard InChI is InChI=1S/C25H30N4O4S.C25H30N4O3S2.C24H29N5O4S.C24H29N5O3S2/c1-14(2)22(20-9-15(3)33-28-20)25(32)29-12-19(30)10-21(29)24(31)26-11-17-5-7-18(8-6-17)23-16(4)27-13-34-23;1-14(2)22(20-9-15(3)34-28-20)25(32)29-12-19(30)10-21(29)24(31)26-11-17-5-7-18(8-6-17)23-16(4)27-13-33-23;1-13(2)20(23-28-27-15(4)33-23)24(32)29-11-18(30)9-19(29)22(31)25-10-16-5-7-17(8-6-16)21-14(3)26-12-34-21;1-13(2)20(23-28-27-15(4)34-23)24(32)29-11-18(30)9-19(29)22(31)25-10-16-5-7-17(8-6-16)21-14(3)26-12-33-21/h2*5-9,13-14,19,21-22,30H,10-12H2,1-4H3,(H,26,31);2*5-8,12-13,18-20,30H,9-11H2,1-4H3,(H,25,31)/t2*19-,21+,22-;2*18-,19+,20-/m1111/s1. The van der Waals surface area contributed by atoms with Crippen molar-refractivity contribution in [2.75, 3.05) is 26.2 Å². The van der Waals surface area contributed by atoms with Crippen LogP contribution in [0.2, 0.25) is 0 Å². The van der Waals surface area contributed by atoms with E-state index in [2.05, 4.69) is 71.1 Å². The molecule has 12 aromatic rings. The molecular weight excluding hydrogens is 1850 g/mol. The van der Waals surface area contributed by atoms with Crippen molar-refractivity contribution in [3.63, 3.8) is 0 Å². The van der Waals surface area contributed by atoms with Gasteiger partial charge in [-0.2, -0.15) is 4.37 Å². The van der Waals surface area contributed by atoms with E-state index in [0.29, 0.717) is 48.5 Å². The summed E-state index contributed by atoms with van der Waals surface area (Å²) in [5.74, 6) is -2.98. The molecule has 16 rings (SSSR count). The number of hydrogen-bond donors (Lipinski definition) is 8. The molecule has 0 bridgehead atoms. The van der Waals surface area contributed by atoms with Gasteiger partial charge in [-0.05, 0) is 134 Å². The molecule has 0 spiro atoms. The fourth-order valence-corrected chi connectivity index (χ4v) is 22.2. The highest BCUT2D eigenvalue weighted by Gasteiger charge is 2.48. The van der Waals surface area contributed by atoms with E-state index >= 15 is 0 Å². The molecule has 8 N–H and O–H groups in total.